The first kappa shape index (κ1) is 17.3. The average molecular weight is 330 g/mol. The molecule has 2 aromatic rings. The van der Waals surface area contributed by atoms with Crippen LogP contribution in [0.3, 0.4) is 0 Å². The van der Waals surface area contributed by atoms with Crippen molar-refractivity contribution in [3.05, 3.63) is 63.7 Å². The first-order chi connectivity index (χ1) is 11.5. The maximum absolute atomic E-state index is 12.1. The fourth-order valence-corrected chi connectivity index (χ4v) is 2.14. The quantitative estimate of drug-likeness (QED) is 0.622. The Labute approximate surface area is 139 Å². The summed E-state index contributed by atoms with van der Waals surface area (Å²) in [5.41, 5.74) is 0.950. The number of nitrogens with zero attached hydrogens (tertiary/aromatic N) is 1. The molecule has 0 aromatic heterocycles. The number of rotatable bonds is 7. The van der Waals surface area contributed by atoms with Crippen molar-refractivity contribution in [2.75, 3.05) is 13.7 Å². The Kier molecular flexibility index (Phi) is 5.73. The number of hydrogen-bond donors (Lipinski definition) is 1. The zero-order valence-electron chi connectivity index (χ0n) is 13.4. The number of ether oxygens (including phenoxy) is 2. The molecule has 24 heavy (non-hydrogen) atoms. The van der Waals surface area contributed by atoms with E-state index in [1.807, 2.05) is 13.0 Å². The predicted octanol–water partition coefficient (Wildman–Crippen LogP) is 2.93. The molecule has 1 N–H and O–H groups in total. The Balaban J connectivity index is 2.07. The van der Waals surface area contributed by atoms with E-state index in [0.717, 1.165) is 5.56 Å². The third-order valence-corrected chi connectivity index (χ3v) is 3.30. The molecule has 0 heterocycles. The van der Waals surface area contributed by atoms with E-state index in [2.05, 4.69) is 5.32 Å². The van der Waals surface area contributed by atoms with E-state index in [1.54, 1.807) is 19.2 Å². The van der Waals surface area contributed by atoms with Gasteiger partial charge >= 0.3 is 0 Å². The van der Waals surface area contributed by atoms with E-state index >= 15 is 0 Å². The second kappa shape index (κ2) is 7.96. The van der Waals surface area contributed by atoms with Gasteiger partial charge < -0.3 is 14.8 Å². The Hall–Kier alpha value is -3.09. The van der Waals surface area contributed by atoms with Gasteiger partial charge in [-0.15, -0.1) is 0 Å². The topological polar surface area (TPSA) is 90.7 Å². The number of nitro benzene ring substituents is 1. The van der Waals surface area contributed by atoms with Crippen molar-refractivity contribution >= 4 is 11.6 Å². The molecule has 0 saturated carbocycles. The summed E-state index contributed by atoms with van der Waals surface area (Å²) in [6.07, 6.45) is 0. The fourth-order valence-electron chi connectivity index (χ4n) is 2.14. The maximum Gasteiger partial charge on any atom is 0.270 e. The molecule has 0 fully saturated rings. The van der Waals surface area contributed by atoms with Crippen LogP contribution in [0.5, 0.6) is 11.5 Å². The van der Waals surface area contributed by atoms with Gasteiger partial charge in [0.05, 0.1) is 18.6 Å². The standard InChI is InChI=1S/C17H18N2O5/c1-3-24-16-9-12(7-8-15(16)23-2)11-18-17(20)13-5-4-6-14(10-13)19(21)22/h4-10H,3,11H2,1-2H3,(H,18,20). The minimum atomic E-state index is -0.533. The normalized spacial score (nSPS) is 10.1. The first-order valence-electron chi connectivity index (χ1n) is 7.37. The fraction of sp³-hybridized carbons (Fsp3) is 0.235. The van der Waals surface area contributed by atoms with Gasteiger partial charge in [-0.2, -0.15) is 0 Å². The number of carbonyl (C=O) groups is 1. The van der Waals surface area contributed by atoms with E-state index < -0.39 is 4.92 Å². The van der Waals surface area contributed by atoms with Crippen molar-refractivity contribution < 1.29 is 19.2 Å². The lowest BCUT2D eigenvalue weighted by atomic mass is 10.1. The third kappa shape index (κ3) is 4.22. The number of benzene rings is 2. The lowest BCUT2D eigenvalue weighted by Crippen LogP contribution is -2.22. The highest BCUT2D eigenvalue weighted by atomic mass is 16.6. The molecule has 7 heteroatoms. The number of methoxy groups -OCH3 is 1. The van der Waals surface area contributed by atoms with Crippen molar-refractivity contribution in [2.24, 2.45) is 0 Å². The first-order valence-corrected chi connectivity index (χ1v) is 7.37. The Bertz CT molecular complexity index is 746. The number of nitro groups is 1. The third-order valence-electron chi connectivity index (χ3n) is 3.30. The van der Waals surface area contributed by atoms with E-state index in [9.17, 15) is 14.9 Å². The average Bonchev–Trinajstić information content (AvgIpc) is 2.60. The van der Waals surface area contributed by atoms with Crippen LogP contribution in [-0.2, 0) is 6.54 Å². The predicted molar refractivity (Wildman–Crippen MR) is 88.4 cm³/mol. The molecule has 0 aliphatic heterocycles. The van der Waals surface area contributed by atoms with Crippen molar-refractivity contribution in [2.45, 2.75) is 13.5 Å². The van der Waals surface area contributed by atoms with Crippen LogP contribution >= 0.6 is 0 Å². The number of non-ortho nitro benzene ring substituents is 1. The maximum atomic E-state index is 12.1. The summed E-state index contributed by atoms with van der Waals surface area (Å²) in [4.78, 5) is 22.4. The molecule has 0 aliphatic rings. The minimum absolute atomic E-state index is 0.120. The number of nitrogens with one attached hydrogen (secondary N) is 1. The lowest BCUT2D eigenvalue weighted by Gasteiger charge is -2.11. The number of amides is 1. The van der Waals surface area contributed by atoms with Crippen LogP contribution < -0.4 is 14.8 Å². The summed E-state index contributed by atoms with van der Waals surface area (Å²) in [6, 6.07) is 11.0. The SMILES string of the molecule is CCOc1cc(CNC(=O)c2cccc([N+](=O)[O-])c2)ccc1OC. The Morgan fingerprint density at radius 1 is 1.21 bits per heavy atom. The van der Waals surface area contributed by atoms with Gasteiger partial charge in [-0.3, -0.25) is 14.9 Å². The van der Waals surface area contributed by atoms with Gasteiger partial charge in [-0.25, -0.2) is 0 Å². The van der Waals surface area contributed by atoms with Crippen LogP contribution in [0.25, 0.3) is 0 Å². The molecule has 2 aromatic carbocycles. The largest absolute Gasteiger partial charge is 0.493 e. The highest BCUT2D eigenvalue weighted by molar-refractivity contribution is 5.94. The van der Waals surface area contributed by atoms with Gasteiger partial charge in [0.1, 0.15) is 0 Å². The molecule has 7 nitrogen and oxygen atoms in total. The Morgan fingerprint density at radius 2 is 2.00 bits per heavy atom. The summed E-state index contributed by atoms with van der Waals surface area (Å²) in [5, 5.41) is 13.5. The molecule has 0 radical (unpaired) electrons. The molecular formula is C17H18N2O5. The van der Waals surface area contributed by atoms with E-state index in [1.165, 1.54) is 24.3 Å². The Morgan fingerprint density at radius 3 is 2.67 bits per heavy atom. The number of hydrogen-bond acceptors (Lipinski definition) is 5. The van der Waals surface area contributed by atoms with Crippen molar-refractivity contribution in [1.82, 2.24) is 5.32 Å². The second-order valence-electron chi connectivity index (χ2n) is 4.91. The van der Waals surface area contributed by atoms with Crippen LogP contribution in [0, 0.1) is 10.1 Å². The smallest absolute Gasteiger partial charge is 0.270 e. The van der Waals surface area contributed by atoms with Crippen molar-refractivity contribution in [3.63, 3.8) is 0 Å². The molecule has 0 unspecified atom stereocenters. The van der Waals surface area contributed by atoms with Crippen LogP contribution in [0.15, 0.2) is 42.5 Å². The highest BCUT2D eigenvalue weighted by Crippen LogP contribution is 2.28. The molecule has 1 amide bonds. The zero-order valence-corrected chi connectivity index (χ0v) is 13.4. The van der Waals surface area contributed by atoms with Crippen molar-refractivity contribution in [3.8, 4) is 11.5 Å². The van der Waals surface area contributed by atoms with Crippen LogP contribution in [0.1, 0.15) is 22.8 Å². The van der Waals surface area contributed by atoms with Crippen LogP contribution in [0.4, 0.5) is 5.69 Å². The van der Waals surface area contributed by atoms with Crippen LogP contribution in [-0.4, -0.2) is 24.5 Å². The zero-order chi connectivity index (χ0) is 17.5. The summed E-state index contributed by atoms with van der Waals surface area (Å²) in [6.45, 7) is 2.64. The van der Waals surface area contributed by atoms with Crippen LogP contribution in [0.2, 0.25) is 0 Å². The summed E-state index contributed by atoms with van der Waals surface area (Å²) in [5.74, 6) is 0.834. The molecule has 2 rings (SSSR count). The number of carbonyl (C=O) groups excluding carboxylic acids is 1. The molecular weight excluding hydrogens is 312 g/mol. The van der Waals surface area contributed by atoms with E-state index in [-0.39, 0.29) is 23.7 Å². The molecule has 126 valence electrons. The highest BCUT2D eigenvalue weighted by Gasteiger charge is 2.12. The van der Waals surface area contributed by atoms with E-state index in [4.69, 9.17) is 9.47 Å². The molecule has 0 atom stereocenters. The summed E-state index contributed by atoms with van der Waals surface area (Å²) in [7, 11) is 1.56. The lowest BCUT2D eigenvalue weighted by molar-refractivity contribution is -0.384. The monoisotopic (exact) mass is 330 g/mol. The van der Waals surface area contributed by atoms with Gasteiger partial charge in [-0.05, 0) is 30.7 Å². The van der Waals surface area contributed by atoms with Gasteiger partial charge in [0.25, 0.3) is 11.6 Å². The van der Waals surface area contributed by atoms with Gasteiger partial charge in [0, 0.05) is 24.2 Å². The molecule has 0 aliphatic carbocycles. The minimum Gasteiger partial charge on any atom is -0.493 e. The van der Waals surface area contributed by atoms with Gasteiger partial charge in [-0.1, -0.05) is 12.1 Å². The summed E-state index contributed by atoms with van der Waals surface area (Å²) < 4.78 is 10.7. The van der Waals surface area contributed by atoms with Crippen molar-refractivity contribution in [1.29, 1.82) is 0 Å². The molecule has 0 saturated heterocycles. The van der Waals surface area contributed by atoms with Gasteiger partial charge in [0.15, 0.2) is 11.5 Å². The van der Waals surface area contributed by atoms with E-state index in [0.29, 0.717) is 18.1 Å². The second-order valence-corrected chi connectivity index (χ2v) is 4.91. The summed E-state index contributed by atoms with van der Waals surface area (Å²) >= 11 is 0. The molecule has 0 bridgehead atoms. The van der Waals surface area contributed by atoms with Gasteiger partial charge in [0.2, 0.25) is 0 Å². The molecule has 0 spiro atoms.